The second kappa shape index (κ2) is 11.5. The number of methoxy groups -OCH3 is 2. The number of benzene rings is 3. The lowest BCUT2D eigenvalue weighted by Crippen LogP contribution is -2.35. The van der Waals surface area contributed by atoms with Crippen LogP contribution < -0.4 is 24.8 Å². The molecule has 3 aromatic carbocycles. The van der Waals surface area contributed by atoms with E-state index in [4.69, 9.17) is 38.0 Å². The number of carbonyl (C=O) groups is 1. The Morgan fingerprint density at radius 1 is 0.947 bits per heavy atom. The van der Waals surface area contributed by atoms with Crippen molar-refractivity contribution in [1.82, 2.24) is 10.3 Å². The fourth-order valence-electron chi connectivity index (χ4n) is 3.54. The largest absolute Gasteiger partial charge is 0.493 e. The van der Waals surface area contributed by atoms with Crippen molar-refractivity contribution in [3.63, 3.8) is 0 Å². The summed E-state index contributed by atoms with van der Waals surface area (Å²) in [5.74, 6) is -2.75. The Balaban J connectivity index is 1.45. The summed E-state index contributed by atoms with van der Waals surface area (Å²) >= 11 is 11.5. The fraction of sp³-hybridized carbons (Fsp3) is 0.115. The number of nitrogens with one attached hydrogen (secondary N) is 2. The number of thiocarbonyl (C=S) groups is 1. The Hall–Kier alpha value is -4.09. The molecular weight excluding hydrogens is 543 g/mol. The van der Waals surface area contributed by atoms with Crippen molar-refractivity contribution in [2.75, 3.05) is 19.5 Å². The summed E-state index contributed by atoms with van der Waals surface area (Å²) in [7, 11) is 3.05. The Bertz CT molecular complexity index is 1550. The van der Waals surface area contributed by atoms with Crippen LogP contribution in [0.15, 0.2) is 54.7 Å². The zero-order chi connectivity index (χ0) is 27.4. The van der Waals surface area contributed by atoms with E-state index in [0.29, 0.717) is 45.7 Å². The van der Waals surface area contributed by atoms with Crippen molar-refractivity contribution in [3.8, 4) is 23.0 Å². The highest BCUT2D eigenvalue weighted by molar-refractivity contribution is 7.80. The zero-order valence-electron chi connectivity index (χ0n) is 19.9. The van der Waals surface area contributed by atoms with Crippen LogP contribution in [0.25, 0.3) is 10.9 Å². The molecule has 0 unspecified atom stereocenters. The van der Waals surface area contributed by atoms with Gasteiger partial charge in [0.1, 0.15) is 17.3 Å². The number of halogens is 4. The third-order valence-corrected chi connectivity index (χ3v) is 5.85. The number of rotatable bonds is 7. The summed E-state index contributed by atoms with van der Waals surface area (Å²) in [4.78, 5) is 16.5. The molecule has 4 rings (SSSR count). The van der Waals surface area contributed by atoms with Crippen LogP contribution >= 0.6 is 23.8 Å². The Morgan fingerprint density at radius 2 is 1.66 bits per heavy atom. The monoisotopic (exact) mass is 561 g/mol. The molecule has 0 bridgehead atoms. The second-order valence-electron chi connectivity index (χ2n) is 7.78. The lowest BCUT2D eigenvalue weighted by Gasteiger charge is -2.14. The van der Waals surface area contributed by atoms with Crippen LogP contribution in [-0.4, -0.2) is 30.2 Å². The van der Waals surface area contributed by atoms with Gasteiger partial charge in [-0.25, -0.2) is 13.2 Å². The first-order valence-electron chi connectivity index (χ1n) is 10.9. The summed E-state index contributed by atoms with van der Waals surface area (Å²) in [6.45, 7) is 0. The first-order chi connectivity index (χ1) is 18.2. The number of anilines is 1. The number of nitrogens with zero attached hydrogens (tertiary/aromatic N) is 1. The number of hydrogen-bond acceptors (Lipinski definition) is 6. The van der Waals surface area contributed by atoms with Gasteiger partial charge in [-0.3, -0.25) is 9.78 Å². The minimum atomic E-state index is -1.43. The summed E-state index contributed by atoms with van der Waals surface area (Å²) < 4.78 is 57.7. The van der Waals surface area contributed by atoms with E-state index < -0.39 is 35.3 Å². The van der Waals surface area contributed by atoms with E-state index in [2.05, 4.69) is 15.6 Å². The van der Waals surface area contributed by atoms with Gasteiger partial charge in [0.2, 0.25) is 5.91 Å². The lowest BCUT2D eigenvalue weighted by atomic mass is 10.1. The van der Waals surface area contributed by atoms with E-state index >= 15 is 0 Å². The highest BCUT2D eigenvalue weighted by Crippen LogP contribution is 2.38. The maximum absolute atomic E-state index is 13.8. The quantitative estimate of drug-likeness (QED) is 0.206. The third-order valence-electron chi connectivity index (χ3n) is 5.35. The molecule has 2 N–H and O–H groups in total. The van der Waals surface area contributed by atoms with Crippen LogP contribution in [0.4, 0.5) is 18.9 Å². The highest BCUT2D eigenvalue weighted by atomic mass is 35.5. The van der Waals surface area contributed by atoms with Gasteiger partial charge in [-0.1, -0.05) is 11.6 Å². The second-order valence-corrected chi connectivity index (χ2v) is 8.60. The molecule has 38 heavy (non-hydrogen) atoms. The van der Waals surface area contributed by atoms with Crippen LogP contribution in [0.3, 0.4) is 0 Å². The van der Waals surface area contributed by atoms with E-state index in [9.17, 15) is 18.0 Å². The summed E-state index contributed by atoms with van der Waals surface area (Å²) in [6, 6.07) is 11.2. The van der Waals surface area contributed by atoms with Gasteiger partial charge < -0.3 is 24.8 Å². The van der Waals surface area contributed by atoms with E-state index in [1.54, 1.807) is 36.5 Å². The van der Waals surface area contributed by atoms with Crippen LogP contribution in [0.2, 0.25) is 5.02 Å². The van der Waals surface area contributed by atoms with E-state index in [0.717, 1.165) is 6.07 Å². The van der Waals surface area contributed by atoms with Crippen molar-refractivity contribution in [3.05, 3.63) is 82.8 Å². The number of hydrogen-bond donors (Lipinski definition) is 2. The molecule has 4 aromatic rings. The summed E-state index contributed by atoms with van der Waals surface area (Å²) in [5.41, 5.74) is 0.324. The Labute approximate surface area is 225 Å². The maximum atomic E-state index is 13.8. The molecule has 1 heterocycles. The van der Waals surface area contributed by atoms with Gasteiger partial charge in [0.05, 0.1) is 31.2 Å². The molecule has 0 aliphatic carbocycles. The van der Waals surface area contributed by atoms with E-state index in [1.807, 2.05) is 0 Å². The summed E-state index contributed by atoms with van der Waals surface area (Å²) in [5, 5.41) is 5.76. The first-order valence-corrected chi connectivity index (χ1v) is 11.7. The van der Waals surface area contributed by atoms with Gasteiger partial charge in [0, 0.05) is 28.9 Å². The predicted octanol–water partition coefficient (Wildman–Crippen LogP) is 6.17. The SMILES string of the molecule is COc1cc2nccc(Oc3ccc(NC(=S)NC(=O)Cc4c(F)ccc(F)c4F)cc3Cl)c2cc1OC. The molecule has 0 saturated heterocycles. The normalized spacial score (nSPS) is 10.7. The summed E-state index contributed by atoms with van der Waals surface area (Å²) in [6.07, 6.45) is 0.831. The Morgan fingerprint density at radius 3 is 2.37 bits per heavy atom. The fourth-order valence-corrected chi connectivity index (χ4v) is 3.99. The minimum Gasteiger partial charge on any atom is -0.493 e. The number of ether oxygens (including phenoxy) is 3. The molecule has 0 aliphatic rings. The number of fused-ring (bicyclic) bond motifs is 1. The standard InChI is InChI=1S/C26H19ClF3N3O4S/c1-35-22-10-15-19(12-23(22)36-2)31-8-7-20(15)37-21-6-3-13(9-16(21)27)32-26(38)33-24(34)11-14-17(28)4-5-18(29)25(14)30/h3-10,12H,11H2,1-2H3,(H2,32,33,34,38). The lowest BCUT2D eigenvalue weighted by molar-refractivity contribution is -0.119. The highest BCUT2D eigenvalue weighted by Gasteiger charge is 2.18. The average Bonchev–Trinajstić information content (AvgIpc) is 2.89. The minimum absolute atomic E-state index is 0.155. The molecule has 0 saturated carbocycles. The molecule has 1 amide bonds. The molecule has 0 atom stereocenters. The number of aromatic nitrogens is 1. The first kappa shape index (κ1) is 27.0. The number of carbonyl (C=O) groups excluding carboxylic acids is 1. The maximum Gasteiger partial charge on any atom is 0.230 e. The van der Waals surface area contributed by atoms with E-state index in [-0.39, 0.29) is 10.1 Å². The molecule has 0 radical (unpaired) electrons. The van der Waals surface area contributed by atoms with Gasteiger partial charge in [0.25, 0.3) is 0 Å². The third kappa shape index (κ3) is 5.90. The molecule has 196 valence electrons. The number of amides is 1. The smallest absolute Gasteiger partial charge is 0.230 e. The van der Waals surface area contributed by atoms with Crippen LogP contribution in [-0.2, 0) is 11.2 Å². The molecule has 12 heteroatoms. The Kier molecular flexibility index (Phi) is 8.18. The topological polar surface area (TPSA) is 81.7 Å². The molecule has 1 aromatic heterocycles. The molecule has 0 spiro atoms. The van der Waals surface area contributed by atoms with Crippen molar-refractivity contribution in [1.29, 1.82) is 0 Å². The van der Waals surface area contributed by atoms with Crippen LogP contribution in [0.1, 0.15) is 5.56 Å². The van der Waals surface area contributed by atoms with Crippen molar-refractivity contribution in [2.45, 2.75) is 6.42 Å². The number of pyridine rings is 1. The predicted molar refractivity (Wildman–Crippen MR) is 141 cm³/mol. The molecule has 7 nitrogen and oxygen atoms in total. The molecular formula is C26H19ClF3N3O4S. The average molecular weight is 562 g/mol. The van der Waals surface area contributed by atoms with E-state index in [1.165, 1.54) is 20.3 Å². The van der Waals surface area contributed by atoms with Crippen molar-refractivity contribution in [2.24, 2.45) is 0 Å². The van der Waals surface area contributed by atoms with Gasteiger partial charge in [-0.2, -0.15) is 0 Å². The van der Waals surface area contributed by atoms with Gasteiger partial charge >= 0.3 is 0 Å². The zero-order valence-corrected chi connectivity index (χ0v) is 21.5. The van der Waals surface area contributed by atoms with Gasteiger partial charge in [0.15, 0.2) is 28.2 Å². The van der Waals surface area contributed by atoms with Crippen LogP contribution in [0, 0.1) is 17.5 Å². The van der Waals surface area contributed by atoms with Crippen LogP contribution in [0.5, 0.6) is 23.0 Å². The van der Waals surface area contributed by atoms with Gasteiger partial charge in [-0.05, 0) is 54.7 Å². The molecule has 0 aliphatic heterocycles. The van der Waals surface area contributed by atoms with Crippen molar-refractivity contribution >= 4 is 51.4 Å². The van der Waals surface area contributed by atoms with Crippen molar-refractivity contribution < 1.29 is 32.2 Å². The van der Waals surface area contributed by atoms with Gasteiger partial charge in [-0.15, -0.1) is 0 Å². The molecule has 0 fully saturated rings.